The number of carbonyl (C=O) groups is 2. The van der Waals surface area contributed by atoms with Gasteiger partial charge in [-0.05, 0) is 80.1 Å². The summed E-state index contributed by atoms with van der Waals surface area (Å²) < 4.78 is 35.2. The fraction of sp³-hybridized carbons (Fsp3) is 0.375. The van der Waals surface area contributed by atoms with Gasteiger partial charge < -0.3 is 15.0 Å². The van der Waals surface area contributed by atoms with Crippen LogP contribution in [0.1, 0.15) is 45.6 Å². The standard InChI is InChI=1S/C32H40ClN3O5S2/c1-5-8-21-34-32(38)28(6-2)35(22-24-13-15-25(33)16-14-24)31(37)23-36(29-11-9-10-12-30(29)41-7-3)43(39,40)27-19-17-26(42-4)18-20-27/h9-20,28H,5-8,21-23H2,1-4H3,(H,34,38). The Kier molecular flexibility index (Phi) is 13.2. The van der Waals surface area contributed by atoms with Gasteiger partial charge in [-0.2, -0.15) is 0 Å². The summed E-state index contributed by atoms with van der Waals surface area (Å²) in [6.45, 7) is 6.02. The number of benzene rings is 3. The second-order valence-corrected chi connectivity index (χ2v) is 13.0. The van der Waals surface area contributed by atoms with Crippen molar-refractivity contribution in [2.45, 2.75) is 62.4 Å². The van der Waals surface area contributed by atoms with Gasteiger partial charge in [-0.25, -0.2) is 8.42 Å². The highest BCUT2D eigenvalue weighted by atomic mass is 35.5. The molecule has 3 rings (SSSR count). The van der Waals surface area contributed by atoms with Gasteiger partial charge in [0.2, 0.25) is 11.8 Å². The molecule has 0 bridgehead atoms. The van der Waals surface area contributed by atoms with Crippen LogP contribution in [-0.2, 0) is 26.2 Å². The monoisotopic (exact) mass is 645 g/mol. The van der Waals surface area contributed by atoms with Crippen molar-refractivity contribution < 1.29 is 22.7 Å². The van der Waals surface area contributed by atoms with Gasteiger partial charge in [-0.1, -0.05) is 56.1 Å². The van der Waals surface area contributed by atoms with Crippen LogP contribution in [0.2, 0.25) is 5.02 Å². The normalized spacial score (nSPS) is 11.9. The highest BCUT2D eigenvalue weighted by Gasteiger charge is 2.34. The Bertz CT molecular complexity index is 1450. The van der Waals surface area contributed by atoms with Crippen LogP contribution in [0.25, 0.3) is 0 Å². The lowest BCUT2D eigenvalue weighted by atomic mass is 10.1. The number of hydrogen-bond donors (Lipinski definition) is 1. The third kappa shape index (κ3) is 9.14. The van der Waals surface area contributed by atoms with Crippen LogP contribution in [0.4, 0.5) is 5.69 Å². The minimum absolute atomic E-state index is 0.0398. The first-order valence-corrected chi connectivity index (χ1v) is 17.4. The van der Waals surface area contributed by atoms with Gasteiger partial charge in [0.25, 0.3) is 10.0 Å². The van der Waals surface area contributed by atoms with Crippen LogP contribution in [0.15, 0.2) is 82.6 Å². The second kappa shape index (κ2) is 16.6. The Morgan fingerprint density at radius 2 is 1.65 bits per heavy atom. The molecule has 0 saturated carbocycles. The molecule has 0 heterocycles. The predicted molar refractivity (Wildman–Crippen MR) is 174 cm³/mol. The van der Waals surface area contributed by atoms with Crippen molar-refractivity contribution in [2.75, 3.05) is 30.3 Å². The Balaban J connectivity index is 2.08. The number of unbranched alkanes of at least 4 members (excludes halogenated alkanes) is 1. The van der Waals surface area contributed by atoms with E-state index in [2.05, 4.69) is 5.32 Å². The average Bonchev–Trinajstić information content (AvgIpc) is 3.01. The molecule has 0 aliphatic heterocycles. The fourth-order valence-corrected chi connectivity index (χ4v) is 6.50. The average molecular weight is 646 g/mol. The SMILES string of the molecule is CCCCNC(=O)C(CC)N(Cc1ccc(Cl)cc1)C(=O)CN(c1ccccc1OCC)S(=O)(=O)c1ccc(SC)cc1. The van der Waals surface area contributed by atoms with Gasteiger partial charge in [-0.15, -0.1) is 11.8 Å². The third-order valence-corrected chi connectivity index (χ3v) is 9.61. The van der Waals surface area contributed by atoms with Gasteiger partial charge >= 0.3 is 0 Å². The number of nitrogens with one attached hydrogen (secondary N) is 1. The number of halogens is 1. The van der Waals surface area contributed by atoms with Crippen LogP contribution in [0.5, 0.6) is 5.75 Å². The Morgan fingerprint density at radius 3 is 2.26 bits per heavy atom. The van der Waals surface area contributed by atoms with E-state index in [9.17, 15) is 18.0 Å². The molecule has 0 spiro atoms. The van der Waals surface area contributed by atoms with E-state index < -0.39 is 28.5 Å². The molecule has 2 amide bonds. The molecule has 232 valence electrons. The minimum Gasteiger partial charge on any atom is -0.492 e. The van der Waals surface area contributed by atoms with Gasteiger partial charge in [-0.3, -0.25) is 13.9 Å². The van der Waals surface area contributed by atoms with Crippen molar-refractivity contribution in [3.8, 4) is 5.75 Å². The Morgan fingerprint density at radius 1 is 0.977 bits per heavy atom. The topological polar surface area (TPSA) is 96.0 Å². The van der Waals surface area contributed by atoms with Crippen molar-refractivity contribution in [1.29, 1.82) is 0 Å². The van der Waals surface area contributed by atoms with Crippen LogP contribution < -0.4 is 14.4 Å². The number of nitrogens with zero attached hydrogens (tertiary/aromatic N) is 2. The lowest BCUT2D eigenvalue weighted by Crippen LogP contribution is -2.52. The lowest BCUT2D eigenvalue weighted by Gasteiger charge is -2.33. The summed E-state index contributed by atoms with van der Waals surface area (Å²) in [5.41, 5.74) is 0.993. The summed E-state index contributed by atoms with van der Waals surface area (Å²) in [6.07, 6.45) is 3.97. The molecular formula is C32H40ClN3O5S2. The van der Waals surface area contributed by atoms with E-state index in [4.69, 9.17) is 16.3 Å². The number of para-hydroxylation sites is 2. The summed E-state index contributed by atoms with van der Waals surface area (Å²) >= 11 is 7.59. The van der Waals surface area contributed by atoms with Gasteiger partial charge in [0.1, 0.15) is 18.3 Å². The van der Waals surface area contributed by atoms with Crippen molar-refractivity contribution in [3.63, 3.8) is 0 Å². The number of hydrogen-bond acceptors (Lipinski definition) is 6. The highest BCUT2D eigenvalue weighted by molar-refractivity contribution is 7.98. The Hall–Kier alpha value is -3.21. The maximum Gasteiger partial charge on any atom is 0.264 e. The molecule has 0 aliphatic carbocycles. The molecular weight excluding hydrogens is 606 g/mol. The van der Waals surface area contributed by atoms with Gasteiger partial charge in [0.05, 0.1) is 17.2 Å². The number of ether oxygens (including phenoxy) is 1. The van der Waals surface area contributed by atoms with E-state index in [1.807, 2.05) is 20.1 Å². The fourth-order valence-electron chi connectivity index (χ4n) is 4.54. The smallest absolute Gasteiger partial charge is 0.264 e. The van der Waals surface area contributed by atoms with Crippen LogP contribution >= 0.6 is 23.4 Å². The highest BCUT2D eigenvalue weighted by Crippen LogP contribution is 2.33. The molecule has 0 fully saturated rings. The maximum atomic E-state index is 14.3. The minimum atomic E-state index is -4.22. The van der Waals surface area contributed by atoms with Crippen molar-refractivity contribution in [2.24, 2.45) is 0 Å². The molecule has 1 N–H and O–H groups in total. The summed E-state index contributed by atoms with van der Waals surface area (Å²) in [5, 5.41) is 3.48. The zero-order chi connectivity index (χ0) is 31.4. The number of carbonyl (C=O) groups excluding carboxylic acids is 2. The number of thioether (sulfide) groups is 1. The van der Waals surface area contributed by atoms with Crippen molar-refractivity contribution >= 4 is 50.9 Å². The first-order chi connectivity index (χ1) is 20.7. The van der Waals surface area contributed by atoms with Gasteiger partial charge in [0, 0.05) is 23.0 Å². The molecule has 0 aliphatic rings. The first-order valence-electron chi connectivity index (χ1n) is 14.4. The molecule has 0 radical (unpaired) electrons. The molecule has 0 saturated heterocycles. The van der Waals surface area contributed by atoms with Crippen LogP contribution in [-0.4, -0.2) is 57.1 Å². The summed E-state index contributed by atoms with van der Waals surface area (Å²) in [5.74, 6) is -0.478. The molecule has 0 aromatic heterocycles. The van der Waals surface area contributed by atoms with E-state index >= 15 is 0 Å². The predicted octanol–water partition coefficient (Wildman–Crippen LogP) is 6.38. The van der Waals surface area contributed by atoms with Crippen LogP contribution in [0.3, 0.4) is 0 Å². The largest absolute Gasteiger partial charge is 0.492 e. The second-order valence-electron chi connectivity index (χ2n) is 9.80. The molecule has 1 atom stereocenters. The van der Waals surface area contributed by atoms with E-state index in [0.29, 0.717) is 30.3 Å². The van der Waals surface area contributed by atoms with Crippen molar-refractivity contribution in [1.82, 2.24) is 10.2 Å². The molecule has 8 nitrogen and oxygen atoms in total. The molecule has 3 aromatic carbocycles. The third-order valence-electron chi connectivity index (χ3n) is 6.84. The van der Waals surface area contributed by atoms with E-state index in [-0.39, 0.29) is 23.0 Å². The maximum absolute atomic E-state index is 14.3. The molecule has 3 aromatic rings. The number of rotatable bonds is 16. The molecule has 43 heavy (non-hydrogen) atoms. The van der Waals surface area contributed by atoms with E-state index in [1.54, 1.807) is 67.6 Å². The molecule has 1 unspecified atom stereocenters. The number of anilines is 1. The first kappa shape index (κ1) is 34.3. The van der Waals surface area contributed by atoms with Crippen LogP contribution in [0, 0.1) is 0 Å². The quantitative estimate of drug-likeness (QED) is 0.143. The van der Waals surface area contributed by atoms with E-state index in [0.717, 1.165) is 27.6 Å². The zero-order valence-electron chi connectivity index (χ0n) is 25.1. The summed E-state index contributed by atoms with van der Waals surface area (Å²) in [6, 6.07) is 19.4. The lowest BCUT2D eigenvalue weighted by molar-refractivity contribution is -0.140. The molecule has 11 heteroatoms. The summed E-state index contributed by atoms with van der Waals surface area (Å²) in [4.78, 5) is 30.0. The number of amides is 2. The van der Waals surface area contributed by atoms with Crippen molar-refractivity contribution in [3.05, 3.63) is 83.4 Å². The van der Waals surface area contributed by atoms with E-state index in [1.165, 1.54) is 28.8 Å². The summed E-state index contributed by atoms with van der Waals surface area (Å²) in [7, 11) is -4.22. The van der Waals surface area contributed by atoms with Gasteiger partial charge in [0.15, 0.2) is 0 Å². The zero-order valence-corrected chi connectivity index (χ0v) is 27.5. The Labute approximate surface area is 264 Å². The number of sulfonamides is 1.